The summed E-state index contributed by atoms with van der Waals surface area (Å²) in [5.74, 6) is 2.73. The summed E-state index contributed by atoms with van der Waals surface area (Å²) >= 11 is 0. The van der Waals surface area contributed by atoms with Crippen molar-refractivity contribution in [3.63, 3.8) is 0 Å². The quantitative estimate of drug-likeness (QED) is 0.569. The van der Waals surface area contributed by atoms with Crippen molar-refractivity contribution in [1.29, 1.82) is 0 Å². The van der Waals surface area contributed by atoms with E-state index in [2.05, 4.69) is 33.0 Å². The predicted molar refractivity (Wildman–Crippen MR) is 70.2 cm³/mol. The molecule has 0 aromatic carbocycles. The molecule has 1 heteroatoms. The Bertz CT molecular complexity index is 133. The molecule has 1 N–H and O–H groups in total. The van der Waals surface area contributed by atoms with Crippen LogP contribution >= 0.6 is 0 Å². The van der Waals surface area contributed by atoms with E-state index in [4.69, 9.17) is 0 Å². The monoisotopic (exact) mass is 213 g/mol. The number of hydrogen-bond acceptors (Lipinski definition) is 1. The van der Waals surface area contributed by atoms with Gasteiger partial charge in [-0.1, -0.05) is 47.0 Å². The molecule has 92 valence electrons. The molecular weight excluding hydrogens is 182 g/mol. The first-order valence-electron chi connectivity index (χ1n) is 6.81. The molecule has 15 heavy (non-hydrogen) atoms. The minimum Gasteiger partial charge on any atom is -0.320 e. The first-order valence-corrected chi connectivity index (χ1v) is 6.81. The van der Waals surface area contributed by atoms with Gasteiger partial charge in [-0.3, -0.25) is 0 Å². The third-order valence-electron chi connectivity index (χ3n) is 3.81. The lowest BCUT2D eigenvalue weighted by atomic mass is 9.77. The van der Waals surface area contributed by atoms with Gasteiger partial charge in [-0.15, -0.1) is 0 Å². The number of hydrogen-bond donors (Lipinski definition) is 1. The normalized spacial score (nSPS) is 17.4. The third-order valence-corrected chi connectivity index (χ3v) is 3.81. The Morgan fingerprint density at radius 1 is 1.00 bits per heavy atom. The Morgan fingerprint density at radius 2 is 1.67 bits per heavy atom. The van der Waals surface area contributed by atoms with Crippen molar-refractivity contribution in [3.8, 4) is 0 Å². The molecule has 0 aliphatic rings. The van der Waals surface area contributed by atoms with Crippen LogP contribution in [-0.2, 0) is 0 Å². The fourth-order valence-electron chi connectivity index (χ4n) is 2.62. The third kappa shape index (κ3) is 6.19. The first kappa shape index (κ1) is 15.0. The molecule has 0 aliphatic heterocycles. The fourth-order valence-corrected chi connectivity index (χ4v) is 2.62. The average molecular weight is 213 g/mol. The maximum Gasteiger partial charge on any atom is -0.00518 e. The van der Waals surface area contributed by atoms with E-state index >= 15 is 0 Å². The second-order valence-electron chi connectivity index (χ2n) is 5.06. The summed E-state index contributed by atoms with van der Waals surface area (Å²) in [6.45, 7) is 10.7. The minimum atomic E-state index is 0.892. The van der Waals surface area contributed by atoms with Crippen LogP contribution in [0, 0.1) is 17.8 Å². The molecule has 0 saturated heterocycles. The van der Waals surface area contributed by atoms with Gasteiger partial charge in [0.1, 0.15) is 0 Å². The highest BCUT2D eigenvalue weighted by molar-refractivity contribution is 4.72. The molecule has 3 atom stereocenters. The molecule has 0 heterocycles. The molecule has 1 nitrogen and oxygen atoms in total. The first-order chi connectivity index (χ1) is 7.17. The van der Waals surface area contributed by atoms with Crippen LogP contribution in [0.5, 0.6) is 0 Å². The van der Waals surface area contributed by atoms with E-state index in [-0.39, 0.29) is 0 Å². The van der Waals surface area contributed by atoms with Crippen molar-refractivity contribution in [2.75, 3.05) is 13.6 Å². The standard InChI is InChI=1S/C14H31N/c1-6-9-13(4)14(12(3)7-2)10-8-11-15-5/h12-15H,6-11H2,1-5H3/t12-,13?,14?/m0/s1. The minimum absolute atomic E-state index is 0.892. The maximum atomic E-state index is 3.25. The van der Waals surface area contributed by atoms with Crippen molar-refractivity contribution in [1.82, 2.24) is 5.32 Å². The van der Waals surface area contributed by atoms with Gasteiger partial charge in [0.05, 0.1) is 0 Å². The molecular formula is C14H31N. The average Bonchev–Trinajstić information content (AvgIpc) is 2.23. The van der Waals surface area contributed by atoms with Crippen LogP contribution in [0.3, 0.4) is 0 Å². The molecule has 0 aromatic rings. The second kappa shape index (κ2) is 9.21. The van der Waals surface area contributed by atoms with Gasteiger partial charge in [-0.2, -0.15) is 0 Å². The summed E-state index contributed by atoms with van der Waals surface area (Å²) in [6, 6.07) is 0. The number of rotatable bonds is 9. The van der Waals surface area contributed by atoms with E-state index in [0.717, 1.165) is 17.8 Å². The highest BCUT2D eigenvalue weighted by Gasteiger charge is 2.21. The van der Waals surface area contributed by atoms with Gasteiger partial charge >= 0.3 is 0 Å². The van der Waals surface area contributed by atoms with Crippen molar-refractivity contribution in [3.05, 3.63) is 0 Å². The Morgan fingerprint density at radius 3 is 2.13 bits per heavy atom. The van der Waals surface area contributed by atoms with E-state index in [1.165, 1.54) is 38.6 Å². The van der Waals surface area contributed by atoms with Crippen LogP contribution < -0.4 is 5.32 Å². The lowest BCUT2D eigenvalue weighted by Crippen LogP contribution is -2.21. The van der Waals surface area contributed by atoms with Crippen LogP contribution in [0.1, 0.15) is 59.8 Å². The maximum absolute atomic E-state index is 3.25. The van der Waals surface area contributed by atoms with Crippen LogP contribution in [0.2, 0.25) is 0 Å². The van der Waals surface area contributed by atoms with E-state index < -0.39 is 0 Å². The van der Waals surface area contributed by atoms with Gasteiger partial charge < -0.3 is 5.32 Å². The zero-order chi connectivity index (χ0) is 11.7. The summed E-state index contributed by atoms with van der Waals surface area (Å²) < 4.78 is 0. The number of nitrogens with one attached hydrogen (secondary N) is 1. The molecule has 0 bridgehead atoms. The smallest absolute Gasteiger partial charge is 0.00518 e. The zero-order valence-corrected chi connectivity index (χ0v) is 11.5. The van der Waals surface area contributed by atoms with Crippen LogP contribution in [0.15, 0.2) is 0 Å². The predicted octanol–water partition coefficient (Wildman–Crippen LogP) is 4.08. The summed E-state index contributed by atoms with van der Waals surface area (Å²) in [7, 11) is 2.05. The van der Waals surface area contributed by atoms with Gasteiger partial charge in [0.25, 0.3) is 0 Å². The van der Waals surface area contributed by atoms with E-state index in [1.54, 1.807) is 0 Å². The Balaban J connectivity index is 4.04. The van der Waals surface area contributed by atoms with Crippen molar-refractivity contribution in [2.24, 2.45) is 17.8 Å². The zero-order valence-electron chi connectivity index (χ0n) is 11.5. The van der Waals surface area contributed by atoms with E-state index in [1.807, 2.05) is 7.05 Å². The van der Waals surface area contributed by atoms with Crippen LogP contribution in [-0.4, -0.2) is 13.6 Å². The topological polar surface area (TPSA) is 12.0 Å². The van der Waals surface area contributed by atoms with Crippen LogP contribution in [0.25, 0.3) is 0 Å². The summed E-state index contributed by atoms with van der Waals surface area (Å²) in [4.78, 5) is 0. The SMILES string of the molecule is CCCC(C)C(CCCNC)[C@@H](C)CC. The van der Waals surface area contributed by atoms with Gasteiger partial charge in [-0.25, -0.2) is 0 Å². The molecule has 0 fully saturated rings. The summed E-state index contributed by atoms with van der Waals surface area (Å²) in [5, 5.41) is 3.25. The Hall–Kier alpha value is -0.0400. The Kier molecular flexibility index (Phi) is 9.18. The highest BCUT2D eigenvalue weighted by atomic mass is 14.8. The van der Waals surface area contributed by atoms with Crippen LogP contribution in [0.4, 0.5) is 0 Å². The molecule has 0 spiro atoms. The van der Waals surface area contributed by atoms with E-state index in [0.29, 0.717) is 0 Å². The largest absolute Gasteiger partial charge is 0.320 e. The van der Waals surface area contributed by atoms with Crippen molar-refractivity contribution < 1.29 is 0 Å². The lowest BCUT2D eigenvalue weighted by Gasteiger charge is -2.29. The highest BCUT2D eigenvalue weighted by Crippen LogP contribution is 2.30. The molecule has 0 aromatic heterocycles. The lowest BCUT2D eigenvalue weighted by molar-refractivity contribution is 0.217. The molecule has 0 radical (unpaired) electrons. The molecule has 0 rings (SSSR count). The molecule has 0 amide bonds. The Labute approximate surface area is 97.0 Å². The molecule has 0 saturated carbocycles. The van der Waals surface area contributed by atoms with Gasteiger partial charge in [0.15, 0.2) is 0 Å². The fraction of sp³-hybridized carbons (Fsp3) is 1.00. The molecule has 0 aliphatic carbocycles. The van der Waals surface area contributed by atoms with Gasteiger partial charge in [0, 0.05) is 0 Å². The second-order valence-corrected chi connectivity index (χ2v) is 5.06. The van der Waals surface area contributed by atoms with E-state index in [9.17, 15) is 0 Å². The van der Waals surface area contributed by atoms with Gasteiger partial charge in [-0.05, 0) is 44.2 Å². The summed E-state index contributed by atoms with van der Waals surface area (Å²) in [5.41, 5.74) is 0. The van der Waals surface area contributed by atoms with Crippen molar-refractivity contribution in [2.45, 2.75) is 59.8 Å². The van der Waals surface area contributed by atoms with Crippen molar-refractivity contribution >= 4 is 0 Å². The molecule has 2 unspecified atom stereocenters. The summed E-state index contributed by atoms with van der Waals surface area (Å²) in [6.07, 6.45) is 6.80. The van der Waals surface area contributed by atoms with Gasteiger partial charge in [0.2, 0.25) is 0 Å².